The summed E-state index contributed by atoms with van der Waals surface area (Å²) in [6.07, 6.45) is 5.84. The van der Waals surface area contributed by atoms with Crippen LogP contribution in [-0.2, 0) is 6.54 Å². The summed E-state index contributed by atoms with van der Waals surface area (Å²) < 4.78 is 5.29. The standard InChI is InChI=1S/C15H19N5O/c1-19(10-15-16-6-7-21-15)12-8-20(9-12)14-5-4-13(17-18-14)11-2-3-11/h4-7,11-12H,2-3,8-10H2,1H3. The molecule has 6 heteroatoms. The summed E-state index contributed by atoms with van der Waals surface area (Å²) in [5.41, 5.74) is 1.15. The smallest absolute Gasteiger partial charge is 0.208 e. The van der Waals surface area contributed by atoms with Crippen molar-refractivity contribution in [2.75, 3.05) is 25.0 Å². The zero-order valence-electron chi connectivity index (χ0n) is 12.1. The van der Waals surface area contributed by atoms with Gasteiger partial charge < -0.3 is 9.32 Å². The predicted octanol–water partition coefficient (Wildman–Crippen LogP) is 1.66. The number of likely N-dealkylation sites (N-methyl/N-ethyl adjacent to an activating group) is 1. The lowest BCUT2D eigenvalue weighted by Crippen LogP contribution is -2.58. The van der Waals surface area contributed by atoms with E-state index in [1.165, 1.54) is 12.8 Å². The molecule has 110 valence electrons. The summed E-state index contributed by atoms with van der Waals surface area (Å²) in [5, 5.41) is 8.70. The largest absolute Gasteiger partial charge is 0.448 e. The Labute approximate surface area is 123 Å². The second-order valence-corrected chi connectivity index (χ2v) is 5.99. The monoisotopic (exact) mass is 285 g/mol. The Kier molecular flexibility index (Phi) is 3.11. The fourth-order valence-electron chi connectivity index (χ4n) is 2.70. The molecule has 3 heterocycles. The van der Waals surface area contributed by atoms with Gasteiger partial charge in [0.15, 0.2) is 5.82 Å². The van der Waals surface area contributed by atoms with Gasteiger partial charge in [-0.3, -0.25) is 4.90 Å². The second-order valence-electron chi connectivity index (χ2n) is 5.99. The van der Waals surface area contributed by atoms with Gasteiger partial charge in [-0.1, -0.05) is 0 Å². The molecule has 0 N–H and O–H groups in total. The summed E-state index contributed by atoms with van der Waals surface area (Å²) in [6, 6.07) is 4.75. The fourth-order valence-corrected chi connectivity index (χ4v) is 2.70. The van der Waals surface area contributed by atoms with E-state index in [0.717, 1.165) is 37.0 Å². The van der Waals surface area contributed by atoms with Crippen LogP contribution in [0.5, 0.6) is 0 Å². The van der Waals surface area contributed by atoms with Gasteiger partial charge in [0, 0.05) is 25.0 Å². The molecule has 2 fully saturated rings. The zero-order valence-corrected chi connectivity index (χ0v) is 12.1. The number of hydrogen-bond donors (Lipinski definition) is 0. The maximum Gasteiger partial charge on any atom is 0.208 e. The third kappa shape index (κ3) is 2.63. The summed E-state index contributed by atoms with van der Waals surface area (Å²) in [7, 11) is 2.11. The molecule has 6 nitrogen and oxygen atoms in total. The molecule has 0 atom stereocenters. The molecule has 0 spiro atoms. The fraction of sp³-hybridized carbons (Fsp3) is 0.533. The molecule has 2 aromatic heterocycles. The van der Waals surface area contributed by atoms with E-state index < -0.39 is 0 Å². The summed E-state index contributed by atoms with van der Waals surface area (Å²) in [4.78, 5) is 8.70. The van der Waals surface area contributed by atoms with Crippen molar-refractivity contribution < 1.29 is 4.42 Å². The first-order chi connectivity index (χ1) is 10.3. The van der Waals surface area contributed by atoms with Crippen LogP contribution in [0.25, 0.3) is 0 Å². The molecule has 1 aliphatic heterocycles. The molecular formula is C15H19N5O. The van der Waals surface area contributed by atoms with Crippen molar-refractivity contribution in [1.29, 1.82) is 0 Å². The highest BCUT2D eigenvalue weighted by Gasteiger charge is 2.32. The lowest BCUT2D eigenvalue weighted by Gasteiger charge is -2.44. The van der Waals surface area contributed by atoms with E-state index in [-0.39, 0.29) is 0 Å². The van der Waals surface area contributed by atoms with E-state index in [1.807, 2.05) is 0 Å². The Morgan fingerprint density at radius 2 is 2.14 bits per heavy atom. The SMILES string of the molecule is CN(Cc1ncco1)C1CN(c2ccc(C3CC3)nn2)C1. The molecule has 4 rings (SSSR count). The molecule has 21 heavy (non-hydrogen) atoms. The molecule has 1 saturated heterocycles. The molecule has 2 aliphatic rings. The van der Waals surface area contributed by atoms with Crippen molar-refractivity contribution in [3.63, 3.8) is 0 Å². The predicted molar refractivity (Wildman–Crippen MR) is 78.0 cm³/mol. The minimum Gasteiger partial charge on any atom is -0.448 e. The van der Waals surface area contributed by atoms with Gasteiger partial charge in [-0.05, 0) is 32.0 Å². The topological polar surface area (TPSA) is 58.3 Å². The van der Waals surface area contributed by atoms with Crippen molar-refractivity contribution >= 4 is 5.82 Å². The Hall–Kier alpha value is -1.95. The molecule has 1 saturated carbocycles. The van der Waals surface area contributed by atoms with Crippen LogP contribution in [0.1, 0.15) is 30.3 Å². The third-order valence-electron chi connectivity index (χ3n) is 4.34. The molecule has 0 bridgehead atoms. The summed E-state index contributed by atoms with van der Waals surface area (Å²) >= 11 is 0. The van der Waals surface area contributed by atoms with Crippen LogP contribution in [-0.4, -0.2) is 46.3 Å². The van der Waals surface area contributed by atoms with Crippen LogP contribution in [0.15, 0.2) is 29.0 Å². The van der Waals surface area contributed by atoms with Crippen molar-refractivity contribution in [1.82, 2.24) is 20.1 Å². The highest BCUT2D eigenvalue weighted by molar-refractivity contribution is 5.42. The Balaban J connectivity index is 1.31. The number of hydrogen-bond acceptors (Lipinski definition) is 6. The molecule has 1 aliphatic carbocycles. The molecule has 0 amide bonds. The van der Waals surface area contributed by atoms with Crippen LogP contribution in [0.2, 0.25) is 0 Å². The second kappa shape index (κ2) is 5.11. The van der Waals surface area contributed by atoms with Gasteiger partial charge in [0.25, 0.3) is 0 Å². The van der Waals surface area contributed by atoms with Gasteiger partial charge in [0.1, 0.15) is 6.26 Å². The first-order valence-corrected chi connectivity index (χ1v) is 7.47. The third-order valence-corrected chi connectivity index (χ3v) is 4.34. The lowest BCUT2D eigenvalue weighted by atomic mass is 10.1. The van der Waals surface area contributed by atoms with Crippen LogP contribution in [0.4, 0.5) is 5.82 Å². The maximum absolute atomic E-state index is 5.29. The Morgan fingerprint density at radius 3 is 2.76 bits per heavy atom. The van der Waals surface area contributed by atoms with Gasteiger partial charge in [-0.15, -0.1) is 5.10 Å². The van der Waals surface area contributed by atoms with Crippen molar-refractivity contribution in [3.05, 3.63) is 36.2 Å². The minimum absolute atomic E-state index is 0.516. The van der Waals surface area contributed by atoms with Crippen LogP contribution < -0.4 is 4.90 Å². The van der Waals surface area contributed by atoms with Gasteiger partial charge >= 0.3 is 0 Å². The van der Waals surface area contributed by atoms with Crippen molar-refractivity contribution in [2.24, 2.45) is 0 Å². The lowest BCUT2D eigenvalue weighted by molar-refractivity contribution is 0.180. The number of rotatable bonds is 5. The van der Waals surface area contributed by atoms with E-state index in [9.17, 15) is 0 Å². The summed E-state index contributed by atoms with van der Waals surface area (Å²) in [5.74, 6) is 2.42. The van der Waals surface area contributed by atoms with E-state index in [4.69, 9.17) is 4.42 Å². The normalized spacial score (nSPS) is 19.0. The van der Waals surface area contributed by atoms with Crippen molar-refractivity contribution in [3.8, 4) is 0 Å². The highest BCUT2D eigenvalue weighted by atomic mass is 16.3. The number of nitrogens with zero attached hydrogens (tertiary/aromatic N) is 5. The Bertz CT molecular complexity index is 587. The zero-order chi connectivity index (χ0) is 14.2. The first kappa shape index (κ1) is 12.8. The van der Waals surface area contributed by atoms with Crippen molar-refractivity contribution in [2.45, 2.75) is 31.3 Å². The van der Waals surface area contributed by atoms with Crippen LogP contribution >= 0.6 is 0 Å². The van der Waals surface area contributed by atoms with E-state index >= 15 is 0 Å². The molecule has 0 unspecified atom stereocenters. The average molecular weight is 285 g/mol. The molecule has 0 aromatic carbocycles. The van der Waals surface area contributed by atoms with Crippen LogP contribution in [0.3, 0.4) is 0 Å². The van der Waals surface area contributed by atoms with Gasteiger partial charge in [-0.25, -0.2) is 4.98 Å². The maximum atomic E-state index is 5.29. The van der Waals surface area contributed by atoms with E-state index in [1.54, 1.807) is 12.5 Å². The van der Waals surface area contributed by atoms with Gasteiger partial charge in [0.05, 0.1) is 18.4 Å². The van der Waals surface area contributed by atoms with Gasteiger partial charge in [0.2, 0.25) is 5.89 Å². The quantitative estimate of drug-likeness (QED) is 0.833. The molecule has 0 radical (unpaired) electrons. The highest BCUT2D eigenvalue weighted by Crippen LogP contribution is 2.38. The van der Waals surface area contributed by atoms with E-state index in [0.29, 0.717) is 12.0 Å². The minimum atomic E-state index is 0.516. The molecular weight excluding hydrogens is 266 g/mol. The van der Waals surface area contributed by atoms with Crippen LogP contribution in [0, 0.1) is 0 Å². The van der Waals surface area contributed by atoms with Gasteiger partial charge in [-0.2, -0.15) is 5.10 Å². The van der Waals surface area contributed by atoms with E-state index in [2.05, 4.69) is 44.2 Å². The first-order valence-electron chi connectivity index (χ1n) is 7.47. The number of aromatic nitrogens is 3. The molecule has 2 aromatic rings. The average Bonchev–Trinajstić information content (AvgIpc) is 3.17. The number of oxazole rings is 1. The Morgan fingerprint density at radius 1 is 1.29 bits per heavy atom. The number of anilines is 1. The summed E-state index contributed by atoms with van der Waals surface area (Å²) in [6.45, 7) is 2.71.